The van der Waals surface area contributed by atoms with Gasteiger partial charge in [0.15, 0.2) is 0 Å². The molecule has 0 aliphatic carbocycles. The van der Waals surface area contributed by atoms with Crippen LogP contribution in [0, 0.1) is 0 Å². The summed E-state index contributed by atoms with van der Waals surface area (Å²) in [7, 11) is 1.73. The first kappa shape index (κ1) is 16.0. The molecule has 0 aliphatic rings. The van der Waals surface area contributed by atoms with E-state index in [0.717, 1.165) is 31.7 Å². The summed E-state index contributed by atoms with van der Waals surface area (Å²) < 4.78 is 11.0. The summed E-state index contributed by atoms with van der Waals surface area (Å²) >= 11 is 0. The molecule has 0 bridgehead atoms. The molecule has 2 atom stereocenters. The van der Waals surface area contributed by atoms with Gasteiger partial charge in [-0.25, -0.2) is 0 Å². The van der Waals surface area contributed by atoms with Crippen molar-refractivity contribution in [2.75, 3.05) is 20.3 Å². The number of rotatable bonds is 9. The molecule has 0 saturated carbocycles. The first-order chi connectivity index (χ1) is 9.19. The minimum absolute atomic E-state index is 0.252. The van der Waals surface area contributed by atoms with Crippen molar-refractivity contribution in [2.24, 2.45) is 0 Å². The van der Waals surface area contributed by atoms with E-state index in [-0.39, 0.29) is 12.1 Å². The lowest BCUT2D eigenvalue weighted by molar-refractivity contribution is 0.193. The maximum atomic E-state index is 5.98. The highest BCUT2D eigenvalue weighted by Gasteiger charge is 2.12. The Kier molecular flexibility index (Phi) is 7.53. The number of hydrogen-bond donors (Lipinski definition) is 1. The second-order valence-electron chi connectivity index (χ2n) is 4.90. The SMILES string of the molecule is CC[C@@H](C)Oc1ccccc1[C@H](C)NCCCOC. The van der Waals surface area contributed by atoms with E-state index in [1.807, 2.05) is 6.07 Å². The summed E-state index contributed by atoms with van der Waals surface area (Å²) in [5.74, 6) is 0.989. The Morgan fingerprint density at radius 2 is 1.95 bits per heavy atom. The van der Waals surface area contributed by atoms with Gasteiger partial charge in [-0.2, -0.15) is 0 Å². The molecular formula is C16H27NO2. The van der Waals surface area contributed by atoms with Crippen LogP contribution in [-0.4, -0.2) is 26.4 Å². The van der Waals surface area contributed by atoms with Gasteiger partial charge >= 0.3 is 0 Å². The van der Waals surface area contributed by atoms with Gasteiger partial charge in [0.2, 0.25) is 0 Å². The topological polar surface area (TPSA) is 30.5 Å². The molecule has 1 aromatic carbocycles. The third-order valence-electron chi connectivity index (χ3n) is 3.26. The fourth-order valence-corrected chi connectivity index (χ4v) is 1.89. The molecule has 19 heavy (non-hydrogen) atoms. The van der Waals surface area contributed by atoms with Crippen LogP contribution in [0.15, 0.2) is 24.3 Å². The van der Waals surface area contributed by atoms with Crippen molar-refractivity contribution in [1.82, 2.24) is 5.32 Å². The Bertz CT molecular complexity index is 354. The van der Waals surface area contributed by atoms with Gasteiger partial charge in [0.05, 0.1) is 6.10 Å². The van der Waals surface area contributed by atoms with Gasteiger partial charge in [-0.3, -0.25) is 0 Å². The number of hydrogen-bond acceptors (Lipinski definition) is 3. The van der Waals surface area contributed by atoms with Gasteiger partial charge in [0, 0.05) is 25.3 Å². The highest BCUT2D eigenvalue weighted by atomic mass is 16.5. The number of para-hydroxylation sites is 1. The van der Waals surface area contributed by atoms with E-state index in [4.69, 9.17) is 9.47 Å². The molecule has 0 unspecified atom stereocenters. The van der Waals surface area contributed by atoms with Crippen LogP contribution in [0.3, 0.4) is 0 Å². The Hall–Kier alpha value is -1.06. The second kappa shape index (κ2) is 8.94. The van der Waals surface area contributed by atoms with Crippen LogP contribution in [0.5, 0.6) is 5.75 Å². The Morgan fingerprint density at radius 3 is 2.63 bits per heavy atom. The third-order valence-corrected chi connectivity index (χ3v) is 3.26. The average Bonchev–Trinajstić information content (AvgIpc) is 2.43. The summed E-state index contributed by atoms with van der Waals surface area (Å²) in [6.45, 7) is 8.16. The zero-order valence-electron chi connectivity index (χ0n) is 12.6. The molecule has 0 amide bonds. The Balaban J connectivity index is 2.59. The van der Waals surface area contributed by atoms with Crippen LogP contribution < -0.4 is 10.1 Å². The van der Waals surface area contributed by atoms with E-state index < -0.39 is 0 Å². The van der Waals surface area contributed by atoms with Crippen molar-refractivity contribution in [3.8, 4) is 5.75 Å². The van der Waals surface area contributed by atoms with Crippen LogP contribution in [-0.2, 0) is 4.74 Å². The smallest absolute Gasteiger partial charge is 0.124 e. The van der Waals surface area contributed by atoms with Crippen LogP contribution in [0.2, 0.25) is 0 Å². The molecule has 0 spiro atoms. The maximum Gasteiger partial charge on any atom is 0.124 e. The maximum absolute atomic E-state index is 5.98. The summed E-state index contributed by atoms with van der Waals surface area (Å²) in [5.41, 5.74) is 1.22. The molecule has 3 heteroatoms. The molecule has 0 radical (unpaired) electrons. The lowest BCUT2D eigenvalue weighted by Crippen LogP contribution is -2.22. The lowest BCUT2D eigenvalue weighted by atomic mass is 10.1. The predicted molar refractivity (Wildman–Crippen MR) is 79.7 cm³/mol. The fourth-order valence-electron chi connectivity index (χ4n) is 1.89. The van der Waals surface area contributed by atoms with Crippen molar-refractivity contribution in [1.29, 1.82) is 0 Å². The first-order valence-electron chi connectivity index (χ1n) is 7.17. The van der Waals surface area contributed by atoms with Crippen LogP contribution in [0.1, 0.15) is 45.2 Å². The van der Waals surface area contributed by atoms with E-state index >= 15 is 0 Å². The highest BCUT2D eigenvalue weighted by Crippen LogP contribution is 2.26. The average molecular weight is 265 g/mol. The molecular weight excluding hydrogens is 238 g/mol. The van der Waals surface area contributed by atoms with E-state index in [0.29, 0.717) is 0 Å². The van der Waals surface area contributed by atoms with E-state index in [2.05, 4.69) is 44.3 Å². The van der Waals surface area contributed by atoms with Crippen LogP contribution >= 0.6 is 0 Å². The lowest BCUT2D eigenvalue weighted by Gasteiger charge is -2.20. The largest absolute Gasteiger partial charge is 0.490 e. The van der Waals surface area contributed by atoms with Gasteiger partial charge in [0.1, 0.15) is 5.75 Å². The summed E-state index contributed by atoms with van der Waals surface area (Å²) in [5, 5.41) is 3.51. The molecule has 1 N–H and O–H groups in total. The molecule has 0 saturated heterocycles. The summed E-state index contributed by atoms with van der Waals surface area (Å²) in [6.07, 6.45) is 2.29. The van der Waals surface area contributed by atoms with Gasteiger partial charge < -0.3 is 14.8 Å². The molecule has 0 fully saturated rings. The van der Waals surface area contributed by atoms with Gasteiger partial charge in [-0.05, 0) is 39.3 Å². The van der Waals surface area contributed by atoms with Gasteiger partial charge in [0.25, 0.3) is 0 Å². The van der Waals surface area contributed by atoms with E-state index in [9.17, 15) is 0 Å². The van der Waals surface area contributed by atoms with Crippen molar-refractivity contribution < 1.29 is 9.47 Å². The zero-order chi connectivity index (χ0) is 14.1. The monoisotopic (exact) mass is 265 g/mol. The predicted octanol–water partition coefficient (Wildman–Crippen LogP) is 3.55. The van der Waals surface area contributed by atoms with Gasteiger partial charge in [-0.15, -0.1) is 0 Å². The quantitative estimate of drug-likeness (QED) is 0.693. The van der Waals surface area contributed by atoms with Crippen molar-refractivity contribution in [3.63, 3.8) is 0 Å². The first-order valence-corrected chi connectivity index (χ1v) is 7.17. The summed E-state index contributed by atoms with van der Waals surface area (Å²) in [4.78, 5) is 0. The van der Waals surface area contributed by atoms with Crippen LogP contribution in [0.4, 0.5) is 0 Å². The van der Waals surface area contributed by atoms with Crippen molar-refractivity contribution in [2.45, 2.75) is 45.8 Å². The molecule has 1 aromatic rings. The number of benzene rings is 1. The van der Waals surface area contributed by atoms with Crippen LogP contribution in [0.25, 0.3) is 0 Å². The van der Waals surface area contributed by atoms with E-state index in [1.165, 1.54) is 5.56 Å². The number of nitrogens with one attached hydrogen (secondary N) is 1. The standard InChI is InChI=1S/C16H27NO2/c1-5-13(2)19-16-10-7-6-9-15(16)14(3)17-11-8-12-18-4/h6-7,9-10,13-14,17H,5,8,11-12H2,1-4H3/t13-,14+/m1/s1. The fraction of sp³-hybridized carbons (Fsp3) is 0.625. The molecule has 0 heterocycles. The van der Waals surface area contributed by atoms with Crippen molar-refractivity contribution in [3.05, 3.63) is 29.8 Å². The summed E-state index contributed by atoms with van der Waals surface area (Å²) in [6, 6.07) is 8.56. The molecule has 0 aromatic heterocycles. The second-order valence-corrected chi connectivity index (χ2v) is 4.90. The number of methoxy groups -OCH3 is 1. The molecule has 3 nitrogen and oxygen atoms in total. The Labute approximate surface area is 117 Å². The zero-order valence-corrected chi connectivity index (χ0v) is 12.6. The normalized spacial score (nSPS) is 14.1. The minimum atomic E-state index is 0.252. The minimum Gasteiger partial charge on any atom is -0.490 e. The number of ether oxygens (including phenoxy) is 2. The molecule has 0 aliphatic heterocycles. The van der Waals surface area contributed by atoms with Gasteiger partial charge in [-0.1, -0.05) is 25.1 Å². The van der Waals surface area contributed by atoms with Crippen molar-refractivity contribution >= 4 is 0 Å². The molecule has 1 rings (SSSR count). The molecule has 108 valence electrons. The third kappa shape index (κ3) is 5.62. The highest BCUT2D eigenvalue weighted by molar-refractivity contribution is 5.35. The van der Waals surface area contributed by atoms with E-state index in [1.54, 1.807) is 7.11 Å². The Morgan fingerprint density at radius 1 is 1.21 bits per heavy atom.